The zero-order valence-corrected chi connectivity index (χ0v) is 11.5. The number of aryl methyl sites for hydroxylation is 2. The number of halogens is 3. The minimum Gasteiger partial charge on any atom is -0.464 e. The largest absolute Gasteiger partial charge is 0.464 e. The normalized spacial score (nSPS) is 11.8. The Morgan fingerprint density at radius 1 is 1.14 bits per heavy atom. The second kappa shape index (κ2) is 5.71. The smallest absolute Gasteiger partial charge is 0.416 e. The van der Waals surface area contributed by atoms with Crippen molar-refractivity contribution in [2.24, 2.45) is 0 Å². The van der Waals surface area contributed by atoms with E-state index < -0.39 is 11.7 Å². The highest BCUT2D eigenvalue weighted by molar-refractivity contribution is 5.63. The average Bonchev–Trinajstić information content (AvgIpc) is 3.17. The lowest BCUT2D eigenvalue weighted by molar-refractivity contribution is -0.137. The van der Waals surface area contributed by atoms with Gasteiger partial charge in [-0.2, -0.15) is 13.2 Å². The molecule has 2 heterocycles. The minimum atomic E-state index is -4.37. The van der Waals surface area contributed by atoms with Crippen molar-refractivity contribution in [3.05, 3.63) is 65.9 Å². The lowest BCUT2D eigenvalue weighted by Crippen LogP contribution is -2.06. The molecule has 3 rings (SSSR count). The van der Waals surface area contributed by atoms with E-state index in [0.717, 1.165) is 23.5 Å². The van der Waals surface area contributed by atoms with Gasteiger partial charge in [0.15, 0.2) is 0 Å². The van der Waals surface area contributed by atoms with Crippen LogP contribution in [0.4, 0.5) is 13.2 Å². The molecule has 0 radical (unpaired) electrons. The van der Waals surface area contributed by atoms with Crippen molar-refractivity contribution in [3.63, 3.8) is 0 Å². The van der Waals surface area contributed by atoms with Gasteiger partial charge in [0.05, 0.1) is 11.8 Å². The van der Waals surface area contributed by atoms with Crippen LogP contribution in [0.5, 0.6) is 0 Å². The quantitative estimate of drug-likeness (QED) is 0.772. The molecule has 0 aliphatic carbocycles. The van der Waals surface area contributed by atoms with E-state index in [0.29, 0.717) is 24.2 Å². The first-order valence-electron chi connectivity index (χ1n) is 6.76. The summed E-state index contributed by atoms with van der Waals surface area (Å²) in [7, 11) is 0. The van der Waals surface area contributed by atoms with Crippen LogP contribution in [0.25, 0.3) is 11.3 Å². The highest BCUT2D eigenvalue weighted by atomic mass is 19.4. The summed E-state index contributed by atoms with van der Waals surface area (Å²) in [6, 6.07) is 7.06. The molecule has 0 bridgehead atoms. The van der Waals surface area contributed by atoms with Gasteiger partial charge in [-0.05, 0) is 36.2 Å². The van der Waals surface area contributed by atoms with Crippen LogP contribution in [-0.2, 0) is 19.0 Å². The van der Waals surface area contributed by atoms with Gasteiger partial charge in [-0.25, -0.2) is 4.98 Å². The van der Waals surface area contributed by atoms with Gasteiger partial charge >= 0.3 is 6.18 Å². The van der Waals surface area contributed by atoms with Crippen LogP contribution >= 0.6 is 0 Å². The van der Waals surface area contributed by atoms with E-state index in [1.807, 2.05) is 0 Å². The Bertz CT molecular complexity index is 731. The van der Waals surface area contributed by atoms with Crippen molar-refractivity contribution < 1.29 is 17.6 Å². The lowest BCUT2D eigenvalue weighted by atomic mass is 9.98. The monoisotopic (exact) mass is 306 g/mol. The number of H-pyrrole nitrogens is 1. The molecule has 0 spiro atoms. The molecule has 0 saturated carbocycles. The number of aromatic nitrogens is 2. The molecule has 0 atom stereocenters. The molecule has 0 amide bonds. The first-order chi connectivity index (χ1) is 10.5. The maximum Gasteiger partial charge on any atom is 0.416 e. The number of hydrogen-bond donors (Lipinski definition) is 1. The molecule has 22 heavy (non-hydrogen) atoms. The van der Waals surface area contributed by atoms with Crippen LogP contribution in [0.3, 0.4) is 0 Å². The summed E-state index contributed by atoms with van der Waals surface area (Å²) in [6.45, 7) is 0. The van der Waals surface area contributed by atoms with Gasteiger partial charge in [0.25, 0.3) is 0 Å². The molecular weight excluding hydrogens is 293 g/mol. The molecule has 114 valence electrons. The molecule has 3 nitrogen and oxygen atoms in total. The van der Waals surface area contributed by atoms with Crippen LogP contribution in [0.1, 0.15) is 17.0 Å². The van der Waals surface area contributed by atoms with Crippen molar-refractivity contribution in [1.29, 1.82) is 0 Å². The fourth-order valence-electron chi connectivity index (χ4n) is 2.32. The van der Waals surface area contributed by atoms with Crippen molar-refractivity contribution >= 4 is 0 Å². The van der Waals surface area contributed by atoms with E-state index >= 15 is 0 Å². The third-order valence-electron chi connectivity index (χ3n) is 3.41. The number of furan rings is 1. The summed E-state index contributed by atoms with van der Waals surface area (Å²) in [5.74, 6) is 1.23. The Morgan fingerprint density at radius 3 is 2.64 bits per heavy atom. The SMILES string of the molecule is FC(F)(F)c1ccc(CCc2ncc[nH]2)c(-c2ccco2)c1. The Kier molecular flexibility index (Phi) is 3.75. The summed E-state index contributed by atoms with van der Waals surface area (Å²) in [4.78, 5) is 7.10. The second-order valence-corrected chi connectivity index (χ2v) is 4.88. The molecule has 0 aliphatic rings. The third-order valence-corrected chi connectivity index (χ3v) is 3.41. The van der Waals surface area contributed by atoms with E-state index in [-0.39, 0.29) is 0 Å². The maximum atomic E-state index is 12.9. The molecule has 1 N–H and O–H groups in total. The van der Waals surface area contributed by atoms with Crippen LogP contribution in [-0.4, -0.2) is 9.97 Å². The molecule has 0 saturated heterocycles. The highest BCUT2D eigenvalue weighted by Gasteiger charge is 2.31. The summed E-state index contributed by atoms with van der Waals surface area (Å²) in [5, 5.41) is 0. The number of hydrogen-bond acceptors (Lipinski definition) is 2. The fraction of sp³-hybridized carbons (Fsp3) is 0.188. The van der Waals surface area contributed by atoms with Crippen LogP contribution in [0.15, 0.2) is 53.4 Å². The third kappa shape index (κ3) is 3.05. The maximum absolute atomic E-state index is 12.9. The van der Waals surface area contributed by atoms with E-state index in [2.05, 4.69) is 9.97 Å². The van der Waals surface area contributed by atoms with Crippen molar-refractivity contribution in [2.45, 2.75) is 19.0 Å². The number of alkyl halides is 3. The molecule has 6 heteroatoms. The van der Waals surface area contributed by atoms with E-state index in [1.165, 1.54) is 12.3 Å². The molecule has 0 fully saturated rings. The highest BCUT2D eigenvalue weighted by Crippen LogP contribution is 2.34. The predicted octanol–water partition coefficient (Wildman–Crippen LogP) is 4.47. The van der Waals surface area contributed by atoms with Crippen LogP contribution in [0, 0.1) is 0 Å². The summed E-state index contributed by atoms with van der Waals surface area (Å²) >= 11 is 0. The molecule has 0 aliphatic heterocycles. The predicted molar refractivity (Wildman–Crippen MR) is 75.1 cm³/mol. The molecule has 0 unspecified atom stereocenters. The van der Waals surface area contributed by atoms with E-state index in [9.17, 15) is 13.2 Å². The first-order valence-corrected chi connectivity index (χ1v) is 6.76. The van der Waals surface area contributed by atoms with Crippen molar-refractivity contribution in [3.8, 4) is 11.3 Å². The molecule has 3 aromatic rings. The summed E-state index contributed by atoms with van der Waals surface area (Å²) in [5.41, 5.74) is 0.575. The van der Waals surface area contributed by atoms with Gasteiger partial charge in [-0.3, -0.25) is 0 Å². The zero-order valence-electron chi connectivity index (χ0n) is 11.5. The summed E-state index contributed by atoms with van der Waals surface area (Å²) < 4.78 is 44.0. The van der Waals surface area contributed by atoms with Gasteiger partial charge in [-0.1, -0.05) is 6.07 Å². The fourth-order valence-corrected chi connectivity index (χ4v) is 2.32. The summed E-state index contributed by atoms with van der Waals surface area (Å²) in [6.07, 6.45) is 1.63. The number of rotatable bonds is 4. The van der Waals surface area contributed by atoms with Crippen molar-refractivity contribution in [1.82, 2.24) is 9.97 Å². The number of imidazole rings is 1. The lowest BCUT2D eigenvalue weighted by Gasteiger charge is -2.12. The average molecular weight is 306 g/mol. The molecular formula is C16H13F3N2O. The second-order valence-electron chi connectivity index (χ2n) is 4.88. The Hall–Kier alpha value is -2.50. The first kappa shape index (κ1) is 14.4. The van der Waals surface area contributed by atoms with E-state index in [4.69, 9.17) is 4.42 Å². The number of aromatic amines is 1. The molecule has 2 aromatic heterocycles. The van der Waals surface area contributed by atoms with E-state index in [1.54, 1.807) is 24.5 Å². The van der Waals surface area contributed by atoms with Gasteiger partial charge in [0.1, 0.15) is 11.6 Å². The molecule has 1 aromatic carbocycles. The Morgan fingerprint density at radius 2 is 2.00 bits per heavy atom. The van der Waals surface area contributed by atoms with Crippen LogP contribution in [0.2, 0.25) is 0 Å². The van der Waals surface area contributed by atoms with Crippen molar-refractivity contribution in [2.75, 3.05) is 0 Å². The topological polar surface area (TPSA) is 41.8 Å². The zero-order chi connectivity index (χ0) is 15.6. The van der Waals surface area contributed by atoms with Gasteiger partial charge in [0, 0.05) is 24.4 Å². The van der Waals surface area contributed by atoms with Gasteiger partial charge in [-0.15, -0.1) is 0 Å². The number of nitrogens with zero attached hydrogens (tertiary/aromatic N) is 1. The van der Waals surface area contributed by atoms with Gasteiger partial charge < -0.3 is 9.40 Å². The number of nitrogens with one attached hydrogen (secondary N) is 1. The Labute approximate surface area is 124 Å². The van der Waals surface area contributed by atoms with Crippen LogP contribution < -0.4 is 0 Å². The Balaban J connectivity index is 1.94. The standard InChI is InChI=1S/C16H13F3N2O/c17-16(18,19)12-5-3-11(4-6-15-20-7-8-21-15)13(10-12)14-2-1-9-22-14/h1-3,5,7-10H,4,6H2,(H,20,21). The minimum absolute atomic E-state index is 0.431. The van der Waals surface area contributed by atoms with Gasteiger partial charge in [0.2, 0.25) is 0 Å². The number of benzene rings is 1.